The third kappa shape index (κ3) is 22.5. The summed E-state index contributed by atoms with van der Waals surface area (Å²) in [5, 5.41) is 0. The standard InChI is InChI=1S/C6H6.4ClH.H2Se.Zn/c1-2-4-6-5-3-1;;;;;;/h1-6H;4*1H;1H2;/q;;;;;;+2/p-2. The van der Waals surface area contributed by atoms with Gasteiger partial charge in [-0.2, -0.15) is 0 Å². The average molecular weight is 368 g/mol. The zero-order chi connectivity index (χ0) is 4.24. The van der Waals surface area contributed by atoms with Crippen LogP contribution in [0.4, 0.5) is 0 Å². The number of rotatable bonds is 0. The smallest absolute Gasteiger partial charge is 0.0623 e. The zero-order valence-electron chi connectivity index (χ0n) is 6.24. The van der Waals surface area contributed by atoms with E-state index in [0.29, 0.717) is 0 Å². The number of benzene rings is 1. The first-order valence-electron chi connectivity index (χ1n) is 2.00. The van der Waals surface area contributed by atoms with E-state index in [2.05, 4.69) is 0 Å². The topological polar surface area (TPSA) is 0 Å². The Morgan fingerprint density at radius 1 is 0.500 bits per heavy atom. The molecule has 0 spiro atoms. The first-order chi connectivity index (χ1) is 3.00. The molecule has 12 heavy (non-hydrogen) atoms. The van der Waals surface area contributed by atoms with E-state index in [1.165, 1.54) is 0 Å². The molecule has 1 aromatic rings. The molecule has 0 N–H and O–H groups in total. The fourth-order valence-electron chi connectivity index (χ4n) is 0.385. The van der Waals surface area contributed by atoms with Gasteiger partial charge in [0, 0.05) is 0 Å². The van der Waals surface area contributed by atoms with E-state index in [-0.39, 0.29) is 86.2 Å². The second kappa shape index (κ2) is 29.4. The Morgan fingerprint density at radius 3 is 0.667 bits per heavy atom. The first-order valence-corrected chi connectivity index (χ1v) is 2.00. The van der Waals surface area contributed by atoms with Crippen LogP contribution in [0.25, 0.3) is 0 Å². The van der Waals surface area contributed by atoms with Gasteiger partial charge in [0.15, 0.2) is 0 Å². The minimum atomic E-state index is 0. The van der Waals surface area contributed by atoms with Crippen molar-refractivity contribution in [1.82, 2.24) is 0 Å². The molecule has 1 aromatic carbocycles. The third-order valence-corrected chi connectivity index (χ3v) is 0.667. The van der Waals surface area contributed by atoms with Gasteiger partial charge in [-0.15, -0.1) is 24.8 Å². The molecule has 0 heterocycles. The van der Waals surface area contributed by atoms with Gasteiger partial charge < -0.3 is 24.8 Å². The van der Waals surface area contributed by atoms with Gasteiger partial charge in [0.2, 0.25) is 0 Å². The van der Waals surface area contributed by atoms with Crippen molar-refractivity contribution >= 4 is 41.9 Å². The Balaban J connectivity index is -0.0000000150. The molecule has 0 aliphatic rings. The molecular formula is C6H10Cl4SeZn. The van der Waals surface area contributed by atoms with Crippen LogP contribution >= 0.6 is 24.8 Å². The van der Waals surface area contributed by atoms with Crippen molar-refractivity contribution in [1.29, 1.82) is 0 Å². The van der Waals surface area contributed by atoms with Crippen molar-refractivity contribution in [2.75, 3.05) is 0 Å². The fraction of sp³-hybridized carbons (Fsp3) is 0. The summed E-state index contributed by atoms with van der Waals surface area (Å²) in [6.45, 7) is 0. The van der Waals surface area contributed by atoms with Crippen molar-refractivity contribution in [2.45, 2.75) is 0 Å². The van der Waals surface area contributed by atoms with Crippen LogP contribution in [0.1, 0.15) is 0 Å². The first kappa shape index (κ1) is 37.5. The molecule has 0 fully saturated rings. The van der Waals surface area contributed by atoms with Gasteiger partial charge in [-0.3, -0.25) is 0 Å². The molecule has 70 valence electrons. The minimum Gasteiger partial charge on any atom is -0.0623 e. The Hall–Kier alpha value is 1.52. The van der Waals surface area contributed by atoms with Crippen LogP contribution in [0.15, 0.2) is 36.4 Å². The van der Waals surface area contributed by atoms with E-state index >= 15 is 0 Å². The Morgan fingerprint density at radius 2 is 0.583 bits per heavy atom. The molecule has 0 amide bonds. The SMILES string of the molecule is Cl.Cl.[Cl-].[Cl-].[SeH2].[Zn+2].c1ccccc1. The summed E-state index contributed by atoms with van der Waals surface area (Å²) in [4.78, 5) is 0. The summed E-state index contributed by atoms with van der Waals surface area (Å²) >= 11 is 0. The monoisotopic (exact) mass is 366 g/mol. The molecule has 0 aliphatic carbocycles. The number of hydrogen-bond acceptors (Lipinski definition) is 0. The van der Waals surface area contributed by atoms with Crippen LogP contribution in [0, 0.1) is 0 Å². The molecule has 0 saturated carbocycles. The van der Waals surface area contributed by atoms with Crippen molar-refractivity contribution < 1.29 is 44.3 Å². The molecule has 0 aliphatic heterocycles. The summed E-state index contributed by atoms with van der Waals surface area (Å²) in [5.74, 6) is 0. The molecule has 0 radical (unpaired) electrons. The number of hydrogen-bond donors (Lipinski definition) is 0. The molecule has 0 unspecified atom stereocenters. The molecule has 0 bridgehead atoms. The van der Waals surface area contributed by atoms with Gasteiger partial charge in [0.25, 0.3) is 0 Å². The number of halogens is 4. The second-order valence-corrected chi connectivity index (χ2v) is 1.15. The third-order valence-electron chi connectivity index (χ3n) is 0.667. The van der Waals surface area contributed by atoms with E-state index in [9.17, 15) is 0 Å². The second-order valence-electron chi connectivity index (χ2n) is 1.15. The largest absolute Gasteiger partial charge is 2.00 e. The van der Waals surface area contributed by atoms with Crippen LogP contribution in [0.5, 0.6) is 0 Å². The summed E-state index contributed by atoms with van der Waals surface area (Å²) in [6, 6.07) is 12.0. The Bertz CT molecular complexity index is 91.5. The Labute approximate surface area is 122 Å². The van der Waals surface area contributed by atoms with E-state index in [0.717, 1.165) is 0 Å². The van der Waals surface area contributed by atoms with Crippen molar-refractivity contribution in [3.8, 4) is 0 Å². The van der Waals surface area contributed by atoms with Crippen molar-refractivity contribution in [3.05, 3.63) is 36.4 Å². The summed E-state index contributed by atoms with van der Waals surface area (Å²) in [6.07, 6.45) is 0. The van der Waals surface area contributed by atoms with Crippen LogP contribution in [0.3, 0.4) is 0 Å². The van der Waals surface area contributed by atoms with Gasteiger partial charge in [-0.25, -0.2) is 0 Å². The van der Waals surface area contributed by atoms with Gasteiger partial charge in [0.05, 0.1) is 0 Å². The van der Waals surface area contributed by atoms with E-state index in [1.54, 1.807) is 0 Å². The van der Waals surface area contributed by atoms with Crippen LogP contribution in [-0.2, 0) is 19.5 Å². The summed E-state index contributed by atoms with van der Waals surface area (Å²) in [5.41, 5.74) is 0. The van der Waals surface area contributed by atoms with Crippen LogP contribution in [0.2, 0.25) is 0 Å². The van der Waals surface area contributed by atoms with Gasteiger partial charge in [-0.1, -0.05) is 36.4 Å². The molecule has 0 atom stereocenters. The van der Waals surface area contributed by atoms with E-state index in [4.69, 9.17) is 0 Å². The van der Waals surface area contributed by atoms with E-state index < -0.39 is 0 Å². The van der Waals surface area contributed by atoms with Crippen LogP contribution < -0.4 is 24.8 Å². The minimum absolute atomic E-state index is 0. The molecule has 0 saturated heterocycles. The van der Waals surface area contributed by atoms with Crippen molar-refractivity contribution in [2.24, 2.45) is 0 Å². The van der Waals surface area contributed by atoms with Crippen molar-refractivity contribution in [3.63, 3.8) is 0 Å². The average Bonchev–Trinajstić information content (AvgIpc) is 1.72. The Kier molecular flexibility index (Phi) is 91.7. The molecule has 0 nitrogen and oxygen atoms in total. The molecular weight excluding hydrogens is 358 g/mol. The predicted octanol–water partition coefficient (Wildman–Crippen LogP) is -4.38. The predicted molar refractivity (Wildman–Crippen MR) is 49.5 cm³/mol. The van der Waals surface area contributed by atoms with Gasteiger partial charge in [0.1, 0.15) is 0 Å². The molecule has 6 heteroatoms. The molecule has 1 rings (SSSR count). The normalized spacial score (nSPS) is 4.00. The maximum atomic E-state index is 2.00. The summed E-state index contributed by atoms with van der Waals surface area (Å²) in [7, 11) is 0. The molecule has 0 aromatic heterocycles. The van der Waals surface area contributed by atoms with Crippen LogP contribution in [-0.4, -0.2) is 17.1 Å². The fourth-order valence-corrected chi connectivity index (χ4v) is 0.385. The van der Waals surface area contributed by atoms with Gasteiger partial charge in [-0.05, 0) is 0 Å². The maximum Gasteiger partial charge on any atom is 2.00 e. The maximum absolute atomic E-state index is 2.00. The van der Waals surface area contributed by atoms with Gasteiger partial charge >= 0.3 is 36.5 Å². The quantitative estimate of drug-likeness (QED) is 0.406. The summed E-state index contributed by atoms with van der Waals surface area (Å²) < 4.78 is 0. The van der Waals surface area contributed by atoms with E-state index in [1.807, 2.05) is 36.4 Å². The zero-order valence-corrected chi connectivity index (χ0v) is 14.5.